The molecule has 4 rings (SSSR count). The molecule has 20 heavy (non-hydrogen) atoms. The van der Waals surface area contributed by atoms with Crippen LogP contribution in [0, 0.1) is 0 Å². The first-order valence-electron chi connectivity index (χ1n) is 7.90. The van der Waals surface area contributed by atoms with Gasteiger partial charge in [-0.1, -0.05) is 24.3 Å². The highest BCUT2D eigenvalue weighted by atomic mass is 16.5. The van der Waals surface area contributed by atoms with Gasteiger partial charge in [0, 0.05) is 18.5 Å². The van der Waals surface area contributed by atoms with Gasteiger partial charge < -0.3 is 15.2 Å². The Bertz CT molecular complexity index is 490. The summed E-state index contributed by atoms with van der Waals surface area (Å²) in [4.78, 5) is 0. The number of aliphatic hydroxyl groups is 1. The Morgan fingerprint density at radius 1 is 1.20 bits per heavy atom. The van der Waals surface area contributed by atoms with Gasteiger partial charge in [-0.2, -0.15) is 0 Å². The standard InChI is InChI=1S/C17H23NO2/c19-17(9-13-5-6-14(10-17)18-13)11-16-15-4-2-1-3-12(15)7-8-20-16/h1-4,13-14,16,18-19H,5-11H2. The van der Waals surface area contributed by atoms with E-state index >= 15 is 0 Å². The number of hydrogen-bond donors (Lipinski definition) is 2. The maximum Gasteiger partial charge on any atom is 0.0855 e. The summed E-state index contributed by atoms with van der Waals surface area (Å²) in [7, 11) is 0. The van der Waals surface area contributed by atoms with Crippen LogP contribution in [0.3, 0.4) is 0 Å². The minimum absolute atomic E-state index is 0.0717. The number of benzene rings is 1. The molecule has 0 amide bonds. The number of hydrogen-bond acceptors (Lipinski definition) is 3. The molecular weight excluding hydrogens is 250 g/mol. The second-order valence-corrected chi connectivity index (χ2v) is 6.78. The van der Waals surface area contributed by atoms with Gasteiger partial charge in [0.1, 0.15) is 0 Å². The van der Waals surface area contributed by atoms with Crippen LogP contribution in [0.4, 0.5) is 0 Å². The average molecular weight is 273 g/mol. The highest BCUT2D eigenvalue weighted by Crippen LogP contribution is 2.41. The lowest BCUT2D eigenvalue weighted by atomic mass is 9.80. The minimum Gasteiger partial charge on any atom is -0.390 e. The van der Waals surface area contributed by atoms with Crippen LogP contribution in [0.25, 0.3) is 0 Å². The molecule has 0 aromatic heterocycles. The second-order valence-electron chi connectivity index (χ2n) is 6.78. The topological polar surface area (TPSA) is 41.5 Å². The van der Waals surface area contributed by atoms with Crippen molar-refractivity contribution in [2.75, 3.05) is 6.61 Å². The fourth-order valence-corrected chi connectivity index (χ4v) is 4.38. The number of ether oxygens (including phenoxy) is 1. The molecule has 2 bridgehead atoms. The Morgan fingerprint density at radius 3 is 2.75 bits per heavy atom. The summed E-state index contributed by atoms with van der Waals surface area (Å²) < 4.78 is 5.98. The third-order valence-electron chi connectivity index (χ3n) is 5.25. The van der Waals surface area contributed by atoms with Crippen molar-refractivity contribution in [3.63, 3.8) is 0 Å². The lowest BCUT2D eigenvalue weighted by Crippen LogP contribution is -2.49. The molecule has 1 aromatic carbocycles. The molecule has 3 nitrogen and oxygen atoms in total. The molecular formula is C17H23NO2. The van der Waals surface area contributed by atoms with Crippen LogP contribution < -0.4 is 5.32 Å². The number of nitrogens with one attached hydrogen (secondary N) is 1. The first-order valence-corrected chi connectivity index (χ1v) is 7.90. The van der Waals surface area contributed by atoms with Crippen molar-refractivity contribution >= 4 is 0 Å². The van der Waals surface area contributed by atoms with Crippen LogP contribution >= 0.6 is 0 Å². The fraction of sp³-hybridized carbons (Fsp3) is 0.647. The molecule has 2 N–H and O–H groups in total. The molecule has 108 valence electrons. The molecule has 1 aromatic rings. The molecule has 0 saturated carbocycles. The van der Waals surface area contributed by atoms with Crippen molar-refractivity contribution in [2.45, 2.75) is 62.3 Å². The van der Waals surface area contributed by atoms with E-state index < -0.39 is 5.60 Å². The van der Waals surface area contributed by atoms with Crippen LogP contribution in [0.1, 0.15) is 49.3 Å². The molecule has 3 atom stereocenters. The maximum absolute atomic E-state index is 11.0. The van der Waals surface area contributed by atoms with E-state index in [4.69, 9.17) is 4.74 Å². The Kier molecular flexibility index (Phi) is 3.09. The van der Waals surface area contributed by atoms with Crippen LogP contribution in [0.5, 0.6) is 0 Å². The monoisotopic (exact) mass is 273 g/mol. The molecule has 3 aliphatic rings. The van der Waals surface area contributed by atoms with E-state index in [0.717, 1.165) is 32.3 Å². The number of fused-ring (bicyclic) bond motifs is 3. The van der Waals surface area contributed by atoms with Crippen LogP contribution in [0.15, 0.2) is 24.3 Å². The smallest absolute Gasteiger partial charge is 0.0855 e. The van der Waals surface area contributed by atoms with E-state index in [9.17, 15) is 5.11 Å². The molecule has 2 saturated heterocycles. The quantitative estimate of drug-likeness (QED) is 0.869. The van der Waals surface area contributed by atoms with Crippen LogP contribution in [-0.2, 0) is 11.2 Å². The minimum atomic E-state index is -0.549. The molecule has 2 fully saturated rings. The predicted molar refractivity (Wildman–Crippen MR) is 77.6 cm³/mol. The van der Waals surface area contributed by atoms with Gasteiger partial charge >= 0.3 is 0 Å². The van der Waals surface area contributed by atoms with Gasteiger partial charge in [-0.3, -0.25) is 0 Å². The Labute approximate surface area is 120 Å². The lowest BCUT2D eigenvalue weighted by Gasteiger charge is -2.40. The summed E-state index contributed by atoms with van der Waals surface area (Å²) >= 11 is 0. The molecule has 3 unspecified atom stereocenters. The zero-order valence-electron chi connectivity index (χ0n) is 11.8. The van der Waals surface area contributed by atoms with E-state index in [1.54, 1.807) is 0 Å². The summed E-state index contributed by atoms with van der Waals surface area (Å²) in [6.07, 6.45) is 6.01. The van der Waals surface area contributed by atoms with Gasteiger partial charge in [0.25, 0.3) is 0 Å². The summed E-state index contributed by atoms with van der Waals surface area (Å²) in [6.45, 7) is 0.781. The summed E-state index contributed by atoms with van der Waals surface area (Å²) in [5.74, 6) is 0. The average Bonchev–Trinajstić information content (AvgIpc) is 2.79. The number of piperidine rings is 1. The van der Waals surface area contributed by atoms with Gasteiger partial charge in [-0.25, -0.2) is 0 Å². The zero-order chi connectivity index (χ0) is 13.6. The van der Waals surface area contributed by atoms with E-state index in [1.165, 1.54) is 24.0 Å². The van der Waals surface area contributed by atoms with Crippen LogP contribution in [0.2, 0.25) is 0 Å². The molecule has 3 heterocycles. The van der Waals surface area contributed by atoms with Crippen molar-refractivity contribution in [1.82, 2.24) is 5.32 Å². The SMILES string of the molecule is OC1(CC2OCCc3ccccc32)CC2CCC(C1)N2. The Morgan fingerprint density at radius 2 is 1.95 bits per heavy atom. The van der Waals surface area contributed by atoms with E-state index in [1.807, 2.05) is 0 Å². The van der Waals surface area contributed by atoms with Crippen LogP contribution in [-0.4, -0.2) is 29.4 Å². The van der Waals surface area contributed by atoms with Gasteiger partial charge in [0.2, 0.25) is 0 Å². The third-order valence-corrected chi connectivity index (χ3v) is 5.25. The van der Waals surface area contributed by atoms with Crippen molar-refractivity contribution < 1.29 is 9.84 Å². The van der Waals surface area contributed by atoms with E-state index in [0.29, 0.717) is 12.1 Å². The first-order chi connectivity index (χ1) is 9.72. The largest absolute Gasteiger partial charge is 0.390 e. The predicted octanol–water partition coefficient (Wildman–Crippen LogP) is 2.34. The van der Waals surface area contributed by atoms with Crippen molar-refractivity contribution in [3.8, 4) is 0 Å². The first kappa shape index (κ1) is 12.8. The van der Waals surface area contributed by atoms with E-state index in [2.05, 4.69) is 29.6 Å². The molecule has 0 spiro atoms. The Balaban J connectivity index is 1.55. The summed E-state index contributed by atoms with van der Waals surface area (Å²) in [6, 6.07) is 9.56. The zero-order valence-corrected chi connectivity index (χ0v) is 11.8. The van der Waals surface area contributed by atoms with E-state index in [-0.39, 0.29) is 6.10 Å². The molecule has 0 aliphatic carbocycles. The van der Waals surface area contributed by atoms with Gasteiger partial charge in [-0.05, 0) is 43.2 Å². The summed E-state index contributed by atoms with van der Waals surface area (Å²) in [5.41, 5.74) is 2.13. The summed E-state index contributed by atoms with van der Waals surface area (Å²) in [5, 5.41) is 14.6. The second kappa shape index (κ2) is 4.83. The Hall–Kier alpha value is -0.900. The molecule has 0 radical (unpaired) electrons. The van der Waals surface area contributed by atoms with Gasteiger partial charge in [0.05, 0.1) is 18.3 Å². The molecule has 3 aliphatic heterocycles. The highest BCUT2D eigenvalue weighted by Gasteiger charge is 2.44. The van der Waals surface area contributed by atoms with Crippen molar-refractivity contribution in [3.05, 3.63) is 35.4 Å². The van der Waals surface area contributed by atoms with Crippen molar-refractivity contribution in [1.29, 1.82) is 0 Å². The third kappa shape index (κ3) is 2.28. The van der Waals surface area contributed by atoms with Gasteiger partial charge in [0.15, 0.2) is 0 Å². The number of rotatable bonds is 2. The maximum atomic E-state index is 11.0. The molecule has 3 heteroatoms. The lowest BCUT2D eigenvalue weighted by molar-refractivity contribution is -0.0694. The highest BCUT2D eigenvalue weighted by molar-refractivity contribution is 5.31. The normalized spacial score (nSPS) is 39.5. The van der Waals surface area contributed by atoms with Crippen molar-refractivity contribution in [2.24, 2.45) is 0 Å². The van der Waals surface area contributed by atoms with Gasteiger partial charge in [-0.15, -0.1) is 0 Å². The fourth-order valence-electron chi connectivity index (χ4n) is 4.38.